The fraction of sp³-hybridized carbons (Fsp3) is 0. The van der Waals surface area contributed by atoms with E-state index in [0.717, 1.165) is 10.4 Å². The van der Waals surface area contributed by atoms with Crippen LogP contribution in [0.15, 0.2) is 54.9 Å². The average Bonchev–Trinajstić information content (AvgIpc) is 2.27. The second kappa shape index (κ2) is 3.21. The van der Waals surface area contributed by atoms with Crippen LogP contribution in [0, 0.1) is 0 Å². The number of nitrogens with zero attached hydrogens (tertiary/aromatic N) is 1. The monoisotopic (exact) mass is 214 g/mol. The molecule has 1 nitrogen and oxygen atoms in total. The van der Waals surface area contributed by atoms with Crippen LogP contribution in [-0.2, 0) is 0 Å². The first-order chi connectivity index (χ1) is 7.34. The number of pyridine rings is 2. The molecule has 2 aromatic heterocycles. The average molecular weight is 215 g/mol. The van der Waals surface area contributed by atoms with Gasteiger partial charge < -0.3 is 0 Å². The van der Waals surface area contributed by atoms with Crippen LogP contribution < -0.4 is 4.40 Å². The predicted octanol–water partition coefficient (Wildman–Crippen LogP) is 3.23. The summed E-state index contributed by atoms with van der Waals surface area (Å²) in [6.45, 7) is 0. The van der Waals surface area contributed by atoms with Gasteiger partial charge in [-0.25, -0.2) is 0 Å². The van der Waals surface area contributed by atoms with Gasteiger partial charge >= 0.3 is 0 Å². The number of halogens is 1. The maximum absolute atomic E-state index is 6.14. The molecule has 0 spiro atoms. The molecular formula is C13H9ClN+. The van der Waals surface area contributed by atoms with Gasteiger partial charge in [-0.2, -0.15) is 4.40 Å². The first kappa shape index (κ1) is 8.69. The third-order valence-electron chi connectivity index (χ3n) is 2.58. The van der Waals surface area contributed by atoms with Crippen molar-refractivity contribution in [2.75, 3.05) is 0 Å². The summed E-state index contributed by atoms with van der Waals surface area (Å²) in [5.74, 6) is 0. The van der Waals surface area contributed by atoms with Crippen molar-refractivity contribution in [3.05, 3.63) is 59.9 Å². The Labute approximate surface area is 92.5 Å². The van der Waals surface area contributed by atoms with Crippen LogP contribution in [-0.4, -0.2) is 0 Å². The Kier molecular flexibility index (Phi) is 1.86. The molecule has 0 aliphatic heterocycles. The molecule has 3 aromatic rings. The standard InChI is InChI=1S/C13H9ClN/c14-13-6-3-4-10-8-11-5-1-2-7-15(11)9-12(10)13/h1-9H/q+1. The summed E-state index contributed by atoms with van der Waals surface area (Å²) in [5.41, 5.74) is 1.17. The van der Waals surface area contributed by atoms with Crippen LogP contribution in [0.5, 0.6) is 0 Å². The van der Waals surface area contributed by atoms with E-state index in [1.54, 1.807) is 0 Å². The summed E-state index contributed by atoms with van der Waals surface area (Å²) in [6.07, 6.45) is 4.09. The van der Waals surface area contributed by atoms with E-state index >= 15 is 0 Å². The SMILES string of the molecule is Clc1cccc2cc3cccc[n+]3cc12. The Morgan fingerprint density at radius 3 is 2.87 bits per heavy atom. The highest BCUT2D eigenvalue weighted by atomic mass is 35.5. The lowest BCUT2D eigenvalue weighted by Crippen LogP contribution is -2.19. The lowest BCUT2D eigenvalue weighted by molar-refractivity contribution is -0.510. The molecule has 1 aromatic carbocycles. The molecule has 0 unspecified atom stereocenters. The molecule has 3 rings (SSSR count). The van der Waals surface area contributed by atoms with Crippen LogP contribution in [0.3, 0.4) is 0 Å². The summed E-state index contributed by atoms with van der Waals surface area (Å²) in [6, 6.07) is 14.2. The van der Waals surface area contributed by atoms with E-state index in [4.69, 9.17) is 11.6 Å². The lowest BCUT2D eigenvalue weighted by atomic mass is 10.1. The zero-order chi connectivity index (χ0) is 10.3. The van der Waals surface area contributed by atoms with Gasteiger partial charge in [-0.3, -0.25) is 0 Å². The van der Waals surface area contributed by atoms with Gasteiger partial charge in [0.15, 0.2) is 12.4 Å². The molecule has 0 bridgehead atoms. The maximum atomic E-state index is 6.14. The summed E-state index contributed by atoms with van der Waals surface area (Å²) in [7, 11) is 0. The summed E-state index contributed by atoms with van der Waals surface area (Å²) in [5, 5.41) is 3.06. The number of aromatic nitrogens is 1. The van der Waals surface area contributed by atoms with Crippen molar-refractivity contribution in [2.45, 2.75) is 0 Å². The van der Waals surface area contributed by atoms with Crippen molar-refractivity contribution in [2.24, 2.45) is 0 Å². The third kappa shape index (κ3) is 1.36. The third-order valence-corrected chi connectivity index (χ3v) is 2.91. The van der Waals surface area contributed by atoms with Gasteiger partial charge in [-0.1, -0.05) is 23.7 Å². The van der Waals surface area contributed by atoms with Crippen LogP contribution in [0.4, 0.5) is 0 Å². The van der Waals surface area contributed by atoms with Gasteiger partial charge in [0.25, 0.3) is 0 Å². The topological polar surface area (TPSA) is 4.10 Å². The molecule has 0 amide bonds. The zero-order valence-electron chi connectivity index (χ0n) is 8.02. The van der Waals surface area contributed by atoms with E-state index < -0.39 is 0 Å². The molecule has 0 atom stereocenters. The Bertz CT molecular complexity index is 646. The molecule has 72 valence electrons. The minimum absolute atomic E-state index is 0.797. The van der Waals surface area contributed by atoms with E-state index in [9.17, 15) is 0 Å². The number of rotatable bonds is 0. The van der Waals surface area contributed by atoms with Gasteiger partial charge in [0.2, 0.25) is 5.52 Å². The molecule has 2 heterocycles. The quantitative estimate of drug-likeness (QED) is 0.400. The normalized spacial score (nSPS) is 11.0. The van der Waals surface area contributed by atoms with Crippen LogP contribution in [0.1, 0.15) is 0 Å². The summed E-state index contributed by atoms with van der Waals surface area (Å²) in [4.78, 5) is 0. The lowest BCUT2D eigenvalue weighted by Gasteiger charge is -1.98. The molecule has 0 saturated heterocycles. The van der Waals surface area contributed by atoms with E-state index in [2.05, 4.69) is 28.8 Å². The molecule has 2 heteroatoms. The fourth-order valence-electron chi connectivity index (χ4n) is 1.82. The van der Waals surface area contributed by atoms with Crippen molar-refractivity contribution in [1.82, 2.24) is 0 Å². The number of fused-ring (bicyclic) bond motifs is 2. The largest absolute Gasteiger partial charge is 0.211 e. The number of hydrogen-bond donors (Lipinski definition) is 0. The molecule has 0 N–H and O–H groups in total. The first-order valence-corrected chi connectivity index (χ1v) is 5.21. The van der Waals surface area contributed by atoms with Crippen molar-refractivity contribution < 1.29 is 4.40 Å². The van der Waals surface area contributed by atoms with Gasteiger partial charge in [0.1, 0.15) is 0 Å². The summed E-state index contributed by atoms with van der Waals surface area (Å²) < 4.78 is 2.08. The van der Waals surface area contributed by atoms with E-state index in [0.29, 0.717) is 0 Å². The highest BCUT2D eigenvalue weighted by Crippen LogP contribution is 2.22. The molecule has 0 saturated carbocycles. The minimum atomic E-state index is 0.797. The zero-order valence-corrected chi connectivity index (χ0v) is 8.78. The van der Waals surface area contributed by atoms with Crippen LogP contribution in [0.25, 0.3) is 16.3 Å². The molecular weight excluding hydrogens is 206 g/mol. The Hall–Kier alpha value is -1.60. The first-order valence-electron chi connectivity index (χ1n) is 4.83. The molecule has 0 radical (unpaired) electrons. The molecule has 0 aliphatic carbocycles. The Morgan fingerprint density at radius 1 is 1.00 bits per heavy atom. The fourth-order valence-corrected chi connectivity index (χ4v) is 2.05. The molecule has 0 fully saturated rings. The molecule has 0 aliphatic rings. The number of hydrogen-bond acceptors (Lipinski definition) is 0. The van der Waals surface area contributed by atoms with Crippen LogP contribution in [0.2, 0.25) is 5.02 Å². The second-order valence-corrected chi connectivity index (χ2v) is 3.96. The predicted molar refractivity (Wildman–Crippen MR) is 62.1 cm³/mol. The summed E-state index contributed by atoms with van der Waals surface area (Å²) >= 11 is 6.14. The molecule has 15 heavy (non-hydrogen) atoms. The van der Waals surface area contributed by atoms with Crippen molar-refractivity contribution in [3.8, 4) is 0 Å². The van der Waals surface area contributed by atoms with Crippen molar-refractivity contribution in [1.29, 1.82) is 0 Å². The van der Waals surface area contributed by atoms with Gasteiger partial charge in [-0.15, -0.1) is 0 Å². The second-order valence-electron chi connectivity index (χ2n) is 3.55. The van der Waals surface area contributed by atoms with Gasteiger partial charge in [0, 0.05) is 18.2 Å². The number of benzene rings is 1. The van der Waals surface area contributed by atoms with E-state index in [-0.39, 0.29) is 0 Å². The van der Waals surface area contributed by atoms with Gasteiger partial charge in [0.05, 0.1) is 10.4 Å². The van der Waals surface area contributed by atoms with Crippen molar-refractivity contribution >= 4 is 27.9 Å². The van der Waals surface area contributed by atoms with E-state index in [1.807, 2.05) is 30.5 Å². The Balaban J connectivity index is 2.53. The smallest absolute Gasteiger partial charge is 0.167 e. The Morgan fingerprint density at radius 2 is 1.93 bits per heavy atom. The van der Waals surface area contributed by atoms with E-state index in [1.165, 1.54) is 10.9 Å². The highest BCUT2D eigenvalue weighted by molar-refractivity contribution is 6.35. The maximum Gasteiger partial charge on any atom is 0.211 e. The van der Waals surface area contributed by atoms with Crippen molar-refractivity contribution in [3.63, 3.8) is 0 Å². The van der Waals surface area contributed by atoms with Crippen LogP contribution >= 0.6 is 11.6 Å². The minimum Gasteiger partial charge on any atom is -0.167 e. The highest BCUT2D eigenvalue weighted by Gasteiger charge is 2.06. The van der Waals surface area contributed by atoms with Gasteiger partial charge in [-0.05, 0) is 17.5 Å².